The van der Waals surface area contributed by atoms with Crippen molar-refractivity contribution in [3.05, 3.63) is 71.9 Å². The molecule has 0 unspecified atom stereocenters. The van der Waals surface area contributed by atoms with Crippen LogP contribution < -0.4 is 5.32 Å². The van der Waals surface area contributed by atoms with E-state index in [0.29, 0.717) is 12.2 Å². The van der Waals surface area contributed by atoms with Gasteiger partial charge < -0.3 is 5.32 Å². The number of hydrogen-bond acceptors (Lipinski definition) is 3. The zero-order valence-electron chi connectivity index (χ0n) is 15.9. The van der Waals surface area contributed by atoms with E-state index in [1.54, 1.807) is 24.4 Å². The zero-order valence-corrected chi connectivity index (χ0v) is 15.9. The molecule has 1 aliphatic rings. The van der Waals surface area contributed by atoms with Crippen molar-refractivity contribution in [2.75, 3.05) is 19.6 Å². The summed E-state index contributed by atoms with van der Waals surface area (Å²) in [5, 5.41) is 2.92. The predicted octanol–water partition coefficient (Wildman–Crippen LogP) is 3.82. The number of rotatable bonds is 5. The molecule has 1 amide bonds. The van der Waals surface area contributed by atoms with Crippen LogP contribution in [0.2, 0.25) is 0 Å². The molecule has 4 rings (SSSR count). The molecule has 0 spiro atoms. The Morgan fingerprint density at radius 1 is 1.04 bits per heavy atom. The lowest BCUT2D eigenvalue weighted by molar-refractivity contribution is 0.0924. The summed E-state index contributed by atoms with van der Waals surface area (Å²) in [7, 11) is 0. The first-order valence-corrected chi connectivity index (χ1v) is 9.94. The highest BCUT2D eigenvalue weighted by Gasteiger charge is 2.24. The fraction of sp³-hybridized carbons (Fsp3) is 0.364. The standard InChI is InChI=1S/C22H25FN4O/c23-21-20(25-19-12-6-9-15-27(19)21)22(28)24-16-18(17-10-4-3-5-11-17)26-13-7-1-2-8-14-26/h3-6,9-12,15,18H,1-2,7-8,13-14,16H2,(H,24,28)/t18-/m1/s1. The third kappa shape index (κ3) is 3.92. The van der Waals surface area contributed by atoms with Crippen LogP contribution in [0.15, 0.2) is 54.7 Å². The molecule has 0 aliphatic carbocycles. The normalized spacial score (nSPS) is 16.6. The topological polar surface area (TPSA) is 49.6 Å². The van der Waals surface area contributed by atoms with E-state index < -0.39 is 11.9 Å². The van der Waals surface area contributed by atoms with E-state index in [4.69, 9.17) is 0 Å². The number of hydrogen-bond donors (Lipinski definition) is 1. The summed E-state index contributed by atoms with van der Waals surface area (Å²) >= 11 is 0. The molecule has 1 aromatic carbocycles. The summed E-state index contributed by atoms with van der Waals surface area (Å²) in [4.78, 5) is 19.3. The minimum atomic E-state index is -0.626. The number of amides is 1. The quantitative estimate of drug-likeness (QED) is 0.732. The van der Waals surface area contributed by atoms with Crippen LogP contribution in [0, 0.1) is 5.95 Å². The average molecular weight is 380 g/mol. The smallest absolute Gasteiger partial charge is 0.274 e. The Morgan fingerprint density at radius 3 is 2.46 bits per heavy atom. The van der Waals surface area contributed by atoms with Gasteiger partial charge in [-0.15, -0.1) is 0 Å². The first-order chi connectivity index (χ1) is 13.7. The number of aromatic nitrogens is 2. The largest absolute Gasteiger partial charge is 0.349 e. The SMILES string of the molecule is O=C(NC[C@H](c1ccccc1)N1CCCCCC1)c1nc2ccccn2c1F. The summed E-state index contributed by atoms with van der Waals surface area (Å²) in [6, 6.07) is 15.5. The van der Waals surface area contributed by atoms with E-state index in [1.165, 1.54) is 35.6 Å². The number of nitrogens with one attached hydrogen (secondary N) is 1. The van der Waals surface area contributed by atoms with Crippen molar-refractivity contribution in [1.82, 2.24) is 19.6 Å². The first-order valence-electron chi connectivity index (χ1n) is 9.94. The molecule has 0 bridgehead atoms. The maximum absolute atomic E-state index is 14.6. The Bertz CT molecular complexity index is 932. The van der Waals surface area contributed by atoms with Crippen LogP contribution in [0.5, 0.6) is 0 Å². The second-order valence-electron chi connectivity index (χ2n) is 7.27. The number of imidazole rings is 1. The Kier molecular flexibility index (Phi) is 5.67. The lowest BCUT2D eigenvalue weighted by Crippen LogP contribution is -2.39. The number of carbonyl (C=O) groups excluding carboxylic acids is 1. The van der Waals surface area contributed by atoms with Gasteiger partial charge in [0.2, 0.25) is 5.95 Å². The van der Waals surface area contributed by atoms with Crippen molar-refractivity contribution >= 4 is 11.6 Å². The minimum Gasteiger partial charge on any atom is -0.349 e. The van der Waals surface area contributed by atoms with Gasteiger partial charge in [-0.3, -0.25) is 14.1 Å². The lowest BCUT2D eigenvalue weighted by Gasteiger charge is -2.31. The van der Waals surface area contributed by atoms with Gasteiger partial charge in [0.25, 0.3) is 5.91 Å². The third-order valence-corrected chi connectivity index (χ3v) is 5.41. The number of carbonyl (C=O) groups is 1. The number of benzene rings is 1. The van der Waals surface area contributed by atoms with E-state index in [-0.39, 0.29) is 11.7 Å². The molecule has 0 radical (unpaired) electrons. The van der Waals surface area contributed by atoms with E-state index in [0.717, 1.165) is 13.1 Å². The second-order valence-corrected chi connectivity index (χ2v) is 7.27. The molecular weight excluding hydrogens is 355 g/mol. The van der Waals surface area contributed by atoms with E-state index >= 15 is 0 Å². The number of halogens is 1. The summed E-state index contributed by atoms with van der Waals surface area (Å²) < 4.78 is 15.9. The molecule has 5 nitrogen and oxygen atoms in total. The molecule has 1 N–H and O–H groups in total. The average Bonchev–Trinajstić information content (AvgIpc) is 2.90. The molecular formula is C22H25FN4O. The lowest BCUT2D eigenvalue weighted by atomic mass is 10.0. The van der Waals surface area contributed by atoms with Crippen LogP contribution in [-0.4, -0.2) is 39.8 Å². The molecule has 3 heterocycles. The van der Waals surface area contributed by atoms with Gasteiger partial charge in [-0.05, 0) is 43.6 Å². The molecule has 3 aromatic rings. The number of pyridine rings is 1. The first kappa shape index (κ1) is 18.6. The van der Waals surface area contributed by atoms with Gasteiger partial charge in [-0.25, -0.2) is 4.98 Å². The van der Waals surface area contributed by atoms with Gasteiger partial charge in [0.1, 0.15) is 5.65 Å². The van der Waals surface area contributed by atoms with Crippen molar-refractivity contribution in [3.8, 4) is 0 Å². The van der Waals surface area contributed by atoms with Crippen molar-refractivity contribution in [2.24, 2.45) is 0 Å². The van der Waals surface area contributed by atoms with Gasteiger partial charge in [-0.2, -0.15) is 4.39 Å². The number of nitrogens with zero attached hydrogens (tertiary/aromatic N) is 3. The summed E-state index contributed by atoms with van der Waals surface area (Å²) in [6.45, 7) is 2.45. The molecule has 6 heteroatoms. The summed E-state index contributed by atoms with van der Waals surface area (Å²) in [6.07, 6.45) is 6.39. The number of likely N-dealkylation sites (tertiary alicyclic amines) is 1. The zero-order chi connectivity index (χ0) is 19.3. The summed E-state index contributed by atoms with van der Waals surface area (Å²) in [5.41, 5.74) is 1.44. The maximum atomic E-state index is 14.6. The van der Waals surface area contributed by atoms with E-state index in [1.807, 2.05) is 18.2 Å². The van der Waals surface area contributed by atoms with Gasteiger partial charge >= 0.3 is 0 Å². The molecule has 2 aromatic heterocycles. The molecule has 1 fully saturated rings. The Morgan fingerprint density at radius 2 is 1.75 bits per heavy atom. The van der Waals surface area contributed by atoms with Crippen molar-refractivity contribution in [3.63, 3.8) is 0 Å². The minimum absolute atomic E-state index is 0.0725. The molecule has 1 saturated heterocycles. The second kappa shape index (κ2) is 8.52. The van der Waals surface area contributed by atoms with Gasteiger partial charge in [0.15, 0.2) is 5.69 Å². The van der Waals surface area contributed by atoms with Crippen molar-refractivity contribution in [2.45, 2.75) is 31.7 Å². The van der Waals surface area contributed by atoms with E-state index in [2.05, 4.69) is 27.3 Å². The molecule has 0 saturated carbocycles. The monoisotopic (exact) mass is 380 g/mol. The van der Waals surface area contributed by atoms with Crippen molar-refractivity contribution in [1.29, 1.82) is 0 Å². The Balaban J connectivity index is 1.53. The van der Waals surface area contributed by atoms with E-state index in [9.17, 15) is 9.18 Å². The highest BCUT2D eigenvalue weighted by Crippen LogP contribution is 2.24. The van der Waals surface area contributed by atoms with Crippen LogP contribution in [0.25, 0.3) is 5.65 Å². The molecule has 146 valence electrons. The van der Waals surface area contributed by atoms with Crippen LogP contribution in [0.4, 0.5) is 4.39 Å². The molecule has 1 aliphatic heterocycles. The van der Waals surface area contributed by atoms with Gasteiger partial charge in [0.05, 0.1) is 6.04 Å². The van der Waals surface area contributed by atoms with Gasteiger partial charge in [0, 0.05) is 12.7 Å². The Labute approximate surface area is 164 Å². The fourth-order valence-corrected chi connectivity index (χ4v) is 3.92. The summed E-state index contributed by atoms with van der Waals surface area (Å²) in [5.74, 6) is -1.10. The van der Waals surface area contributed by atoms with Crippen LogP contribution in [0.1, 0.15) is 47.8 Å². The van der Waals surface area contributed by atoms with Gasteiger partial charge in [-0.1, -0.05) is 49.2 Å². The van der Waals surface area contributed by atoms with Crippen molar-refractivity contribution < 1.29 is 9.18 Å². The highest BCUT2D eigenvalue weighted by molar-refractivity contribution is 5.93. The van der Waals surface area contributed by atoms with Crippen LogP contribution in [0.3, 0.4) is 0 Å². The fourth-order valence-electron chi connectivity index (χ4n) is 3.92. The maximum Gasteiger partial charge on any atom is 0.274 e. The number of fused-ring (bicyclic) bond motifs is 1. The molecule has 28 heavy (non-hydrogen) atoms. The third-order valence-electron chi connectivity index (χ3n) is 5.41. The van der Waals surface area contributed by atoms with Crippen LogP contribution in [-0.2, 0) is 0 Å². The van der Waals surface area contributed by atoms with Crippen LogP contribution >= 0.6 is 0 Å². The molecule has 1 atom stereocenters. The predicted molar refractivity (Wildman–Crippen MR) is 107 cm³/mol. The highest BCUT2D eigenvalue weighted by atomic mass is 19.1. The Hall–Kier alpha value is -2.73.